The van der Waals surface area contributed by atoms with Crippen molar-refractivity contribution in [2.75, 3.05) is 5.32 Å². The molecule has 0 fully saturated rings. The lowest BCUT2D eigenvalue weighted by atomic mass is 10.2. The van der Waals surface area contributed by atoms with Crippen LogP contribution in [0.3, 0.4) is 0 Å². The van der Waals surface area contributed by atoms with Crippen LogP contribution in [0.5, 0.6) is 5.75 Å². The number of hydrogen-bond donors (Lipinski definition) is 1. The van der Waals surface area contributed by atoms with E-state index in [2.05, 4.69) is 25.1 Å². The molecule has 0 aliphatic rings. The van der Waals surface area contributed by atoms with E-state index in [1.54, 1.807) is 24.3 Å². The number of aromatic nitrogens is 4. The highest BCUT2D eigenvalue weighted by atomic mass is 35.5. The molecule has 0 spiro atoms. The first kappa shape index (κ1) is 25.1. The van der Waals surface area contributed by atoms with E-state index in [0.717, 1.165) is 12.1 Å². The Bertz CT molecular complexity index is 1700. The molecule has 0 saturated carbocycles. The number of thiophene rings is 1. The zero-order valence-electron chi connectivity index (χ0n) is 18.6. The highest BCUT2D eigenvalue weighted by Gasteiger charge is 2.31. The predicted octanol–water partition coefficient (Wildman–Crippen LogP) is 6.26. The quantitative estimate of drug-likeness (QED) is 0.192. The second kappa shape index (κ2) is 9.72. The third-order valence-electron chi connectivity index (χ3n) is 5.03. The van der Waals surface area contributed by atoms with Gasteiger partial charge in [0.2, 0.25) is 0 Å². The van der Waals surface area contributed by atoms with Crippen molar-refractivity contribution in [3.8, 4) is 22.8 Å². The van der Waals surface area contributed by atoms with E-state index >= 15 is 0 Å². The van der Waals surface area contributed by atoms with Gasteiger partial charge >= 0.3 is 11.4 Å². The van der Waals surface area contributed by atoms with Crippen molar-refractivity contribution in [1.82, 2.24) is 19.7 Å². The van der Waals surface area contributed by atoms with Crippen LogP contribution in [0.2, 0.25) is 5.02 Å². The Kier molecular flexibility index (Phi) is 6.42. The van der Waals surface area contributed by atoms with Crippen LogP contribution in [0.1, 0.15) is 9.67 Å². The Morgan fingerprint density at radius 1 is 1.11 bits per heavy atom. The Balaban J connectivity index is 1.63. The van der Waals surface area contributed by atoms with Gasteiger partial charge in [0.15, 0.2) is 11.5 Å². The van der Waals surface area contributed by atoms with Gasteiger partial charge in [-0.25, -0.2) is 14.6 Å². The standard InChI is InChI=1S/C23H12ClF3N6O4S/c24-13-4-2-5-14(10-13)32-21-16(11-28-32)20(31-22(34)17-7-8-18(38-17)33(35)36)29-19(30-21)12-3-1-6-15(9-12)37-23(25,26)27/h1-11H,(H,29,30,31,34). The molecule has 3 aromatic heterocycles. The average Bonchev–Trinajstić information content (AvgIpc) is 3.51. The largest absolute Gasteiger partial charge is 0.573 e. The number of halogens is 4. The summed E-state index contributed by atoms with van der Waals surface area (Å²) in [6.45, 7) is 0. The number of ether oxygens (including phenoxy) is 1. The average molecular weight is 561 g/mol. The van der Waals surface area contributed by atoms with Crippen molar-refractivity contribution in [3.63, 3.8) is 0 Å². The van der Waals surface area contributed by atoms with Gasteiger partial charge in [0.1, 0.15) is 11.6 Å². The zero-order chi connectivity index (χ0) is 27.0. The summed E-state index contributed by atoms with van der Waals surface area (Å²) in [6, 6.07) is 14.2. The van der Waals surface area contributed by atoms with Crippen molar-refractivity contribution >= 4 is 50.7 Å². The number of benzene rings is 2. The van der Waals surface area contributed by atoms with Crippen LogP contribution < -0.4 is 10.1 Å². The molecule has 2 aromatic carbocycles. The molecule has 5 rings (SSSR count). The van der Waals surface area contributed by atoms with Gasteiger partial charge in [0.25, 0.3) is 5.91 Å². The molecule has 3 heterocycles. The number of rotatable bonds is 6. The number of carbonyl (C=O) groups is 1. The summed E-state index contributed by atoms with van der Waals surface area (Å²) in [5.41, 5.74) is 0.902. The van der Waals surface area contributed by atoms with Crippen LogP contribution in [0.15, 0.2) is 66.9 Å². The van der Waals surface area contributed by atoms with Gasteiger partial charge < -0.3 is 10.1 Å². The number of anilines is 1. The van der Waals surface area contributed by atoms with E-state index in [0.29, 0.717) is 27.4 Å². The molecule has 0 bridgehead atoms. The lowest BCUT2D eigenvalue weighted by Crippen LogP contribution is -2.17. The van der Waals surface area contributed by atoms with E-state index in [-0.39, 0.29) is 32.7 Å². The van der Waals surface area contributed by atoms with Crippen LogP contribution in [0.25, 0.3) is 28.1 Å². The number of alkyl halides is 3. The lowest BCUT2D eigenvalue weighted by Gasteiger charge is -2.11. The van der Waals surface area contributed by atoms with Gasteiger partial charge in [-0.05, 0) is 36.4 Å². The predicted molar refractivity (Wildman–Crippen MR) is 133 cm³/mol. The number of nitrogens with zero attached hydrogens (tertiary/aromatic N) is 5. The van der Waals surface area contributed by atoms with Gasteiger partial charge in [0, 0.05) is 16.7 Å². The summed E-state index contributed by atoms with van der Waals surface area (Å²) >= 11 is 6.79. The second-order valence-corrected chi connectivity index (χ2v) is 9.09. The number of hydrogen-bond acceptors (Lipinski definition) is 8. The topological polar surface area (TPSA) is 125 Å². The maximum Gasteiger partial charge on any atom is 0.573 e. The van der Waals surface area contributed by atoms with Crippen molar-refractivity contribution in [2.24, 2.45) is 0 Å². The maximum absolute atomic E-state index is 12.9. The van der Waals surface area contributed by atoms with E-state index in [9.17, 15) is 28.1 Å². The fourth-order valence-electron chi connectivity index (χ4n) is 3.48. The molecule has 192 valence electrons. The Labute approximate surface area is 219 Å². The highest BCUT2D eigenvalue weighted by molar-refractivity contribution is 7.17. The first-order valence-electron chi connectivity index (χ1n) is 10.5. The number of nitro groups is 1. The van der Waals surface area contributed by atoms with Crippen LogP contribution in [-0.2, 0) is 0 Å². The number of nitrogens with one attached hydrogen (secondary N) is 1. The molecule has 0 radical (unpaired) electrons. The second-order valence-electron chi connectivity index (χ2n) is 7.59. The molecule has 0 aliphatic carbocycles. The van der Waals surface area contributed by atoms with Crippen LogP contribution in [0, 0.1) is 10.1 Å². The van der Waals surface area contributed by atoms with E-state index < -0.39 is 22.9 Å². The molecule has 0 saturated heterocycles. The SMILES string of the molecule is O=C(Nc1nc(-c2cccc(OC(F)(F)F)c2)nc2c1cnn2-c1cccc(Cl)c1)c1ccc([N+](=O)[O-])s1. The fourth-order valence-corrected chi connectivity index (χ4v) is 4.38. The molecular formula is C23H12ClF3N6O4S. The van der Waals surface area contributed by atoms with E-state index in [1.807, 2.05) is 0 Å². The third kappa shape index (κ3) is 5.26. The summed E-state index contributed by atoms with van der Waals surface area (Å²) in [6.07, 6.45) is -3.51. The van der Waals surface area contributed by atoms with E-state index in [1.165, 1.54) is 35.1 Å². The lowest BCUT2D eigenvalue weighted by molar-refractivity contribution is -0.380. The minimum absolute atomic E-state index is 0.0125. The number of amides is 1. The molecule has 1 N–H and O–H groups in total. The molecule has 0 atom stereocenters. The number of carbonyl (C=O) groups excluding carboxylic acids is 1. The van der Waals surface area contributed by atoms with Crippen LogP contribution >= 0.6 is 22.9 Å². The molecule has 10 nitrogen and oxygen atoms in total. The number of fused-ring (bicyclic) bond motifs is 1. The van der Waals surface area contributed by atoms with Crippen LogP contribution in [-0.4, -0.2) is 36.9 Å². The smallest absolute Gasteiger partial charge is 0.406 e. The molecular weight excluding hydrogens is 549 g/mol. The first-order valence-corrected chi connectivity index (χ1v) is 11.7. The minimum atomic E-state index is -4.91. The van der Waals surface area contributed by atoms with Gasteiger partial charge in [-0.15, -0.1) is 13.2 Å². The molecule has 38 heavy (non-hydrogen) atoms. The van der Waals surface area contributed by atoms with Crippen molar-refractivity contribution < 1.29 is 27.6 Å². The summed E-state index contributed by atoms with van der Waals surface area (Å²) in [5.74, 6) is -1.22. The normalized spacial score (nSPS) is 11.5. The summed E-state index contributed by atoms with van der Waals surface area (Å²) in [5, 5.41) is 18.4. The third-order valence-corrected chi connectivity index (χ3v) is 6.31. The summed E-state index contributed by atoms with van der Waals surface area (Å²) in [7, 11) is 0. The van der Waals surface area contributed by atoms with Crippen molar-refractivity contribution in [3.05, 3.63) is 86.9 Å². The van der Waals surface area contributed by atoms with Crippen molar-refractivity contribution in [1.29, 1.82) is 0 Å². The van der Waals surface area contributed by atoms with Crippen molar-refractivity contribution in [2.45, 2.75) is 6.36 Å². The van der Waals surface area contributed by atoms with Gasteiger partial charge in [0.05, 0.1) is 27.1 Å². The highest BCUT2D eigenvalue weighted by Crippen LogP contribution is 2.31. The zero-order valence-corrected chi connectivity index (χ0v) is 20.2. The monoisotopic (exact) mass is 560 g/mol. The maximum atomic E-state index is 12.9. The molecule has 0 unspecified atom stereocenters. The van der Waals surface area contributed by atoms with Gasteiger partial charge in [-0.2, -0.15) is 5.10 Å². The molecule has 5 aromatic rings. The molecule has 1 amide bonds. The summed E-state index contributed by atoms with van der Waals surface area (Å²) in [4.78, 5) is 32.2. The Morgan fingerprint density at radius 3 is 2.61 bits per heavy atom. The minimum Gasteiger partial charge on any atom is -0.406 e. The van der Waals surface area contributed by atoms with E-state index in [4.69, 9.17) is 11.6 Å². The summed E-state index contributed by atoms with van der Waals surface area (Å²) < 4.78 is 43.7. The van der Waals surface area contributed by atoms with Gasteiger partial charge in [-0.1, -0.05) is 41.1 Å². The van der Waals surface area contributed by atoms with Gasteiger partial charge in [-0.3, -0.25) is 14.9 Å². The molecule has 0 aliphatic heterocycles. The molecule has 15 heteroatoms. The fraction of sp³-hybridized carbons (Fsp3) is 0.0435. The van der Waals surface area contributed by atoms with Crippen LogP contribution in [0.4, 0.5) is 24.0 Å². The Morgan fingerprint density at radius 2 is 1.89 bits per heavy atom. The first-order chi connectivity index (χ1) is 18.1. The Hall–Kier alpha value is -4.56.